The van der Waals surface area contributed by atoms with Crippen LogP contribution in [-0.2, 0) is 9.59 Å². The molecular weight excluding hydrogens is 204 g/mol. The lowest BCUT2D eigenvalue weighted by atomic mass is 9.94. The molecule has 0 aromatic heterocycles. The van der Waals surface area contributed by atoms with Gasteiger partial charge in [-0.2, -0.15) is 0 Å². The van der Waals surface area contributed by atoms with E-state index in [-0.39, 0.29) is 23.8 Å². The lowest BCUT2D eigenvalue weighted by Gasteiger charge is -2.13. The zero-order valence-corrected chi connectivity index (χ0v) is 9.63. The number of hydrogen-bond donors (Lipinski definition) is 2. The maximum atomic E-state index is 11.8. The first kappa shape index (κ1) is 11.4. The SMILES string of the molecule is NC(=O)CNC(=O)C1CC12CCCCCC2. The van der Waals surface area contributed by atoms with Gasteiger partial charge in [0.05, 0.1) is 6.54 Å². The van der Waals surface area contributed by atoms with Crippen molar-refractivity contribution in [3.05, 3.63) is 0 Å². The van der Waals surface area contributed by atoms with Crippen molar-refractivity contribution in [1.29, 1.82) is 0 Å². The maximum Gasteiger partial charge on any atom is 0.236 e. The van der Waals surface area contributed by atoms with Gasteiger partial charge >= 0.3 is 0 Å². The van der Waals surface area contributed by atoms with Crippen LogP contribution >= 0.6 is 0 Å². The molecule has 2 rings (SSSR count). The van der Waals surface area contributed by atoms with Gasteiger partial charge in [-0.3, -0.25) is 9.59 Å². The molecule has 0 aromatic carbocycles. The van der Waals surface area contributed by atoms with Gasteiger partial charge in [0.1, 0.15) is 0 Å². The van der Waals surface area contributed by atoms with Crippen LogP contribution in [0.3, 0.4) is 0 Å². The first-order chi connectivity index (χ1) is 7.64. The normalized spacial score (nSPS) is 27.1. The summed E-state index contributed by atoms with van der Waals surface area (Å²) in [5, 5.41) is 2.62. The van der Waals surface area contributed by atoms with Crippen LogP contribution in [0, 0.1) is 11.3 Å². The average molecular weight is 224 g/mol. The first-order valence-electron chi connectivity index (χ1n) is 6.20. The second-order valence-electron chi connectivity index (χ2n) is 5.22. The Hall–Kier alpha value is -1.06. The number of carbonyl (C=O) groups is 2. The standard InChI is InChI=1S/C12H20N2O2/c13-10(15)8-14-11(16)9-7-12(9)5-3-1-2-4-6-12/h9H,1-8H2,(H2,13,15)(H,14,16). The molecule has 0 aliphatic heterocycles. The van der Waals surface area contributed by atoms with Crippen LogP contribution in [0.2, 0.25) is 0 Å². The molecule has 0 heterocycles. The molecule has 0 aromatic rings. The maximum absolute atomic E-state index is 11.8. The van der Waals surface area contributed by atoms with Gasteiger partial charge in [0.2, 0.25) is 11.8 Å². The molecule has 2 amide bonds. The number of amides is 2. The van der Waals surface area contributed by atoms with Crippen LogP contribution in [0.1, 0.15) is 44.9 Å². The fourth-order valence-corrected chi connectivity index (χ4v) is 3.00. The second-order valence-corrected chi connectivity index (χ2v) is 5.22. The second kappa shape index (κ2) is 4.44. The molecule has 0 saturated heterocycles. The van der Waals surface area contributed by atoms with E-state index in [1.165, 1.54) is 38.5 Å². The fourth-order valence-electron chi connectivity index (χ4n) is 3.00. The van der Waals surface area contributed by atoms with Crippen molar-refractivity contribution in [2.24, 2.45) is 17.1 Å². The summed E-state index contributed by atoms with van der Waals surface area (Å²) >= 11 is 0. The molecule has 1 unspecified atom stereocenters. The molecule has 2 aliphatic rings. The van der Waals surface area contributed by atoms with Crippen molar-refractivity contribution in [2.75, 3.05) is 6.54 Å². The summed E-state index contributed by atoms with van der Waals surface area (Å²) in [4.78, 5) is 22.4. The highest BCUT2D eigenvalue weighted by Crippen LogP contribution is 2.60. The quantitative estimate of drug-likeness (QED) is 0.749. The largest absolute Gasteiger partial charge is 0.368 e. The van der Waals surface area contributed by atoms with Gasteiger partial charge in [0.25, 0.3) is 0 Å². The molecule has 1 atom stereocenters. The van der Waals surface area contributed by atoms with E-state index in [0.29, 0.717) is 0 Å². The predicted molar refractivity (Wildman–Crippen MR) is 60.4 cm³/mol. The minimum absolute atomic E-state index is 0.0224. The molecule has 2 fully saturated rings. The minimum Gasteiger partial charge on any atom is -0.368 e. The lowest BCUT2D eigenvalue weighted by Crippen LogP contribution is -2.35. The van der Waals surface area contributed by atoms with Crippen molar-refractivity contribution < 1.29 is 9.59 Å². The van der Waals surface area contributed by atoms with Crippen LogP contribution in [0.15, 0.2) is 0 Å². The molecule has 0 radical (unpaired) electrons. The third kappa shape index (κ3) is 2.36. The van der Waals surface area contributed by atoms with E-state index in [1.807, 2.05) is 0 Å². The molecular formula is C12H20N2O2. The van der Waals surface area contributed by atoms with Crippen molar-refractivity contribution in [3.8, 4) is 0 Å². The van der Waals surface area contributed by atoms with E-state index in [2.05, 4.69) is 5.32 Å². The number of nitrogens with one attached hydrogen (secondary N) is 1. The van der Waals surface area contributed by atoms with E-state index in [9.17, 15) is 9.59 Å². The van der Waals surface area contributed by atoms with E-state index in [0.717, 1.165) is 6.42 Å². The summed E-state index contributed by atoms with van der Waals surface area (Å²) in [6.07, 6.45) is 8.48. The molecule has 3 N–H and O–H groups in total. The summed E-state index contributed by atoms with van der Waals surface area (Å²) in [7, 11) is 0. The molecule has 2 saturated carbocycles. The Morgan fingerprint density at radius 1 is 1.19 bits per heavy atom. The molecule has 4 nitrogen and oxygen atoms in total. The van der Waals surface area contributed by atoms with Crippen molar-refractivity contribution in [1.82, 2.24) is 5.32 Å². The molecule has 0 bridgehead atoms. The van der Waals surface area contributed by atoms with Crippen LogP contribution in [0.5, 0.6) is 0 Å². The van der Waals surface area contributed by atoms with Gasteiger partial charge in [-0.05, 0) is 24.7 Å². The third-order valence-electron chi connectivity index (χ3n) is 4.04. The molecule has 16 heavy (non-hydrogen) atoms. The summed E-state index contributed by atoms with van der Waals surface area (Å²) in [5.41, 5.74) is 5.28. The number of primary amides is 1. The van der Waals surface area contributed by atoms with Crippen molar-refractivity contribution in [3.63, 3.8) is 0 Å². The van der Waals surface area contributed by atoms with Gasteiger partial charge < -0.3 is 11.1 Å². The van der Waals surface area contributed by atoms with Gasteiger partial charge in [0.15, 0.2) is 0 Å². The van der Waals surface area contributed by atoms with Gasteiger partial charge in [-0.1, -0.05) is 25.7 Å². The first-order valence-corrected chi connectivity index (χ1v) is 6.20. The Morgan fingerprint density at radius 3 is 2.38 bits per heavy atom. The van der Waals surface area contributed by atoms with Gasteiger partial charge in [0, 0.05) is 5.92 Å². The zero-order chi connectivity index (χ0) is 11.6. The average Bonchev–Trinajstić information content (AvgIpc) is 3.00. The fraction of sp³-hybridized carbons (Fsp3) is 0.833. The monoisotopic (exact) mass is 224 g/mol. The number of nitrogens with two attached hydrogens (primary N) is 1. The smallest absolute Gasteiger partial charge is 0.236 e. The Kier molecular flexibility index (Phi) is 3.17. The summed E-state index contributed by atoms with van der Waals surface area (Å²) < 4.78 is 0. The van der Waals surface area contributed by atoms with Crippen molar-refractivity contribution in [2.45, 2.75) is 44.9 Å². The minimum atomic E-state index is -0.469. The highest BCUT2D eigenvalue weighted by atomic mass is 16.2. The molecule has 2 aliphatic carbocycles. The van der Waals surface area contributed by atoms with Gasteiger partial charge in [-0.15, -0.1) is 0 Å². The van der Waals surface area contributed by atoms with E-state index in [1.54, 1.807) is 0 Å². The Bertz CT molecular complexity index is 293. The van der Waals surface area contributed by atoms with Crippen LogP contribution in [0.25, 0.3) is 0 Å². The van der Waals surface area contributed by atoms with E-state index >= 15 is 0 Å². The summed E-state index contributed by atoms with van der Waals surface area (Å²) in [6.45, 7) is -0.0224. The van der Waals surface area contributed by atoms with Gasteiger partial charge in [-0.25, -0.2) is 0 Å². The number of rotatable bonds is 3. The Labute approximate surface area is 96.0 Å². The lowest BCUT2D eigenvalue weighted by molar-refractivity contribution is -0.126. The third-order valence-corrected chi connectivity index (χ3v) is 4.04. The zero-order valence-electron chi connectivity index (χ0n) is 9.63. The Morgan fingerprint density at radius 2 is 1.81 bits per heavy atom. The Balaban J connectivity index is 1.84. The van der Waals surface area contributed by atoms with Crippen molar-refractivity contribution >= 4 is 11.8 Å². The van der Waals surface area contributed by atoms with E-state index in [4.69, 9.17) is 5.73 Å². The van der Waals surface area contributed by atoms with Crippen LogP contribution in [-0.4, -0.2) is 18.4 Å². The summed E-state index contributed by atoms with van der Waals surface area (Å²) in [5.74, 6) is -0.297. The molecule has 4 heteroatoms. The van der Waals surface area contributed by atoms with Crippen LogP contribution < -0.4 is 11.1 Å². The molecule has 1 spiro atoms. The topological polar surface area (TPSA) is 72.2 Å². The predicted octanol–water partition coefficient (Wildman–Crippen LogP) is 0.948. The molecule has 90 valence electrons. The highest BCUT2D eigenvalue weighted by Gasteiger charge is 2.56. The number of carbonyl (C=O) groups excluding carboxylic acids is 2. The van der Waals surface area contributed by atoms with Crippen LogP contribution in [0.4, 0.5) is 0 Å². The summed E-state index contributed by atoms with van der Waals surface area (Å²) in [6, 6.07) is 0. The van der Waals surface area contributed by atoms with E-state index < -0.39 is 5.91 Å². The number of hydrogen-bond acceptors (Lipinski definition) is 2. The highest BCUT2D eigenvalue weighted by molar-refractivity contribution is 5.87.